The van der Waals surface area contributed by atoms with Crippen LogP contribution in [0.2, 0.25) is 10.0 Å². The van der Waals surface area contributed by atoms with E-state index in [1.54, 1.807) is 49.6 Å². The van der Waals surface area contributed by atoms with Crippen molar-refractivity contribution in [1.82, 2.24) is 4.90 Å². The number of carbonyl (C=O) groups is 1. The summed E-state index contributed by atoms with van der Waals surface area (Å²) in [6.45, 7) is 10.5. The third-order valence-electron chi connectivity index (χ3n) is 6.41. The lowest BCUT2D eigenvalue weighted by Crippen LogP contribution is -2.59. The first-order chi connectivity index (χ1) is 16.0. The minimum Gasteiger partial charge on any atom is -0.493 e. The van der Waals surface area contributed by atoms with Crippen molar-refractivity contribution in [1.29, 1.82) is 0 Å². The second kappa shape index (κ2) is 11.0. The van der Waals surface area contributed by atoms with Crippen LogP contribution in [0.5, 0.6) is 11.5 Å². The highest BCUT2D eigenvalue weighted by atomic mass is 35.5. The molecule has 2 aromatic carbocycles. The minimum absolute atomic E-state index is 0.131. The topological polar surface area (TPSA) is 50.8 Å². The van der Waals surface area contributed by atoms with Gasteiger partial charge in [0.05, 0.1) is 17.2 Å². The number of carbonyl (C=O) groups excluding carboxylic acids is 1. The van der Waals surface area contributed by atoms with Crippen LogP contribution in [0.25, 0.3) is 6.08 Å². The lowest BCUT2D eigenvalue weighted by molar-refractivity contribution is -0.111. The summed E-state index contributed by atoms with van der Waals surface area (Å²) < 4.78 is 11.6. The quantitative estimate of drug-likeness (QED) is 0.390. The van der Waals surface area contributed by atoms with E-state index in [1.165, 1.54) is 25.3 Å². The molecule has 3 rings (SSSR count). The predicted octanol–water partition coefficient (Wildman–Crippen LogP) is 7.08. The SMILES string of the molecule is COc1ccc(NC(=O)C=Cc2ccc(Cl)c(Cl)c2)cc1OCCN1C(C)(C)CCCC1(C)C. The zero-order valence-electron chi connectivity index (χ0n) is 20.6. The maximum absolute atomic E-state index is 12.4. The lowest BCUT2D eigenvalue weighted by atomic mass is 9.80. The molecule has 0 unspecified atom stereocenters. The second-order valence-electron chi connectivity index (χ2n) is 9.84. The van der Waals surface area contributed by atoms with Crippen molar-refractivity contribution in [3.05, 3.63) is 58.1 Å². The molecule has 0 aromatic heterocycles. The van der Waals surface area contributed by atoms with E-state index in [1.807, 2.05) is 0 Å². The highest BCUT2D eigenvalue weighted by Crippen LogP contribution is 2.38. The van der Waals surface area contributed by atoms with E-state index in [9.17, 15) is 4.79 Å². The highest BCUT2D eigenvalue weighted by molar-refractivity contribution is 6.42. The summed E-state index contributed by atoms with van der Waals surface area (Å²) in [7, 11) is 1.61. The first kappa shape index (κ1) is 26.4. The summed E-state index contributed by atoms with van der Waals surface area (Å²) in [4.78, 5) is 15.0. The summed E-state index contributed by atoms with van der Waals surface area (Å²) >= 11 is 12.0. The van der Waals surface area contributed by atoms with Gasteiger partial charge in [0.15, 0.2) is 11.5 Å². The Bertz CT molecular complexity index is 1030. The van der Waals surface area contributed by atoms with Gasteiger partial charge in [0.25, 0.3) is 0 Å². The van der Waals surface area contributed by atoms with Crippen LogP contribution in [0.1, 0.15) is 52.5 Å². The first-order valence-corrected chi connectivity index (χ1v) is 12.3. The van der Waals surface area contributed by atoms with Gasteiger partial charge in [0, 0.05) is 35.5 Å². The summed E-state index contributed by atoms with van der Waals surface area (Å²) in [6.07, 6.45) is 6.73. The lowest BCUT2D eigenvalue weighted by Gasteiger charge is -2.53. The Labute approximate surface area is 213 Å². The molecular weight excluding hydrogens is 471 g/mol. The summed E-state index contributed by atoms with van der Waals surface area (Å²) in [5.41, 5.74) is 1.67. The Morgan fingerprint density at radius 1 is 1.03 bits per heavy atom. The zero-order chi connectivity index (χ0) is 24.9. The number of benzene rings is 2. The highest BCUT2D eigenvalue weighted by Gasteiger charge is 2.40. The molecule has 2 aromatic rings. The number of rotatable bonds is 8. The molecule has 0 saturated carbocycles. The molecular formula is C27H34Cl2N2O3. The number of hydrogen-bond donors (Lipinski definition) is 1. The predicted molar refractivity (Wildman–Crippen MR) is 141 cm³/mol. The molecule has 1 heterocycles. The minimum atomic E-state index is -0.265. The number of piperidine rings is 1. The van der Waals surface area contributed by atoms with E-state index in [-0.39, 0.29) is 17.0 Å². The summed E-state index contributed by atoms with van der Waals surface area (Å²) in [5.74, 6) is 0.960. The molecule has 1 amide bonds. The maximum atomic E-state index is 12.4. The molecule has 1 aliphatic rings. The summed E-state index contributed by atoms with van der Waals surface area (Å²) in [5, 5.41) is 3.78. The number of ether oxygens (including phenoxy) is 2. The van der Waals surface area contributed by atoms with Gasteiger partial charge in [-0.25, -0.2) is 0 Å². The zero-order valence-corrected chi connectivity index (χ0v) is 22.1. The van der Waals surface area contributed by atoms with Crippen LogP contribution in [0.3, 0.4) is 0 Å². The number of methoxy groups -OCH3 is 1. The fourth-order valence-electron chi connectivity index (χ4n) is 4.73. The van der Waals surface area contributed by atoms with Crippen molar-refractivity contribution in [3.63, 3.8) is 0 Å². The molecule has 1 fully saturated rings. The first-order valence-electron chi connectivity index (χ1n) is 11.5. The average molecular weight is 505 g/mol. The van der Waals surface area contributed by atoms with Crippen molar-refractivity contribution in [2.45, 2.75) is 58.0 Å². The van der Waals surface area contributed by atoms with Gasteiger partial charge in [-0.1, -0.05) is 29.3 Å². The number of nitrogens with zero attached hydrogens (tertiary/aromatic N) is 1. The van der Waals surface area contributed by atoms with Crippen LogP contribution in [-0.4, -0.2) is 42.1 Å². The normalized spacial score (nSPS) is 17.5. The monoisotopic (exact) mass is 504 g/mol. The third-order valence-corrected chi connectivity index (χ3v) is 7.15. The van der Waals surface area contributed by atoms with Crippen molar-refractivity contribution in [3.8, 4) is 11.5 Å². The van der Waals surface area contributed by atoms with Gasteiger partial charge in [0.2, 0.25) is 5.91 Å². The number of hydrogen-bond acceptors (Lipinski definition) is 4. The fraction of sp³-hybridized carbons (Fsp3) is 0.444. The molecule has 0 bridgehead atoms. The van der Waals surface area contributed by atoms with Gasteiger partial charge in [-0.2, -0.15) is 0 Å². The molecule has 0 radical (unpaired) electrons. The van der Waals surface area contributed by atoms with E-state index in [4.69, 9.17) is 32.7 Å². The largest absolute Gasteiger partial charge is 0.493 e. The number of likely N-dealkylation sites (tertiary alicyclic amines) is 1. The van der Waals surface area contributed by atoms with E-state index in [2.05, 4.69) is 37.9 Å². The van der Waals surface area contributed by atoms with Crippen LogP contribution in [0.4, 0.5) is 5.69 Å². The van der Waals surface area contributed by atoms with Crippen LogP contribution in [0.15, 0.2) is 42.5 Å². The van der Waals surface area contributed by atoms with E-state index < -0.39 is 0 Å². The van der Waals surface area contributed by atoms with E-state index in [0.717, 1.165) is 12.1 Å². The van der Waals surface area contributed by atoms with Crippen molar-refractivity contribution >= 4 is 40.9 Å². The van der Waals surface area contributed by atoms with Crippen LogP contribution in [0, 0.1) is 0 Å². The number of nitrogens with one attached hydrogen (secondary N) is 1. The molecule has 1 aliphatic heterocycles. The summed E-state index contributed by atoms with van der Waals surface area (Å²) in [6, 6.07) is 10.6. The van der Waals surface area contributed by atoms with Crippen LogP contribution in [-0.2, 0) is 4.79 Å². The Morgan fingerprint density at radius 3 is 2.38 bits per heavy atom. The van der Waals surface area contributed by atoms with Crippen LogP contribution >= 0.6 is 23.2 Å². The van der Waals surface area contributed by atoms with Gasteiger partial charge in [0.1, 0.15) is 6.61 Å². The van der Waals surface area contributed by atoms with Crippen molar-refractivity contribution < 1.29 is 14.3 Å². The van der Waals surface area contributed by atoms with Crippen molar-refractivity contribution in [2.75, 3.05) is 25.6 Å². The van der Waals surface area contributed by atoms with Gasteiger partial charge >= 0.3 is 0 Å². The molecule has 1 saturated heterocycles. The molecule has 0 atom stereocenters. The van der Waals surface area contributed by atoms with Gasteiger partial charge in [-0.3, -0.25) is 9.69 Å². The van der Waals surface area contributed by atoms with Gasteiger partial charge < -0.3 is 14.8 Å². The van der Waals surface area contributed by atoms with Gasteiger partial charge in [-0.15, -0.1) is 0 Å². The number of anilines is 1. The van der Waals surface area contributed by atoms with Crippen molar-refractivity contribution in [2.24, 2.45) is 0 Å². The fourth-order valence-corrected chi connectivity index (χ4v) is 5.04. The molecule has 7 heteroatoms. The standard InChI is InChI=1S/C27H34Cl2N2O3/c1-26(2)13-6-14-27(3,4)31(26)15-16-34-24-18-20(9-11-23(24)33-5)30-25(32)12-8-19-7-10-21(28)22(29)17-19/h7-12,17-18H,6,13-16H2,1-5H3,(H,30,32). The molecule has 1 N–H and O–H groups in total. The molecule has 184 valence electrons. The van der Waals surface area contributed by atoms with Gasteiger partial charge in [-0.05, 0) is 82.9 Å². The third kappa shape index (κ3) is 6.68. The number of halogens is 2. The molecule has 34 heavy (non-hydrogen) atoms. The average Bonchev–Trinajstić information content (AvgIpc) is 2.76. The molecule has 5 nitrogen and oxygen atoms in total. The Hall–Kier alpha value is -2.21. The Kier molecular flexibility index (Phi) is 8.56. The smallest absolute Gasteiger partial charge is 0.248 e. The Morgan fingerprint density at radius 2 is 1.74 bits per heavy atom. The molecule has 0 aliphatic carbocycles. The maximum Gasteiger partial charge on any atom is 0.248 e. The Balaban J connectivity index is 1.64. The van der Waals surface area contributed by atoms with Crippen LogP contribution < -0.4 is 14.8 Å². The molecule has 0 spiro atoms. The van der Waals surface area contributed by atoms with E-state index >= 15 is 0 Å². The number of amides is 1. The second-order valence-corrected chi connectivity index (χ2v) is 10.7. The van der Waals surface area contributed by atoms with E-state index in [0.29, 0.717) is 33.8 Å².